The molecular weight excluding hydrogens is 366 g/mol. The molecule has 0 radical (unpaired) electrons. The normalized spacial score (nSPS) is 11.6. The Kier molecular flexibility index (Phi) is 7.13. The average Bonchev–Trinajstić information content (AvgIpc) is 2.73. The predicted octanol–water partition coefficient (Wildman–Crippen LogP) is 6.21. The summed E-state index contributed by atoms with van der Waals surface area (Å²) >= 11 is 1.79. The van der Waals surface area contributed by atoms with E-state index in [1.54, 1.807) is 11.8 Å². The third kappa shape index (κ3) is 5.39. The molecule has 0 aliphatic heterocycles. The van der Waals surface area contributed by atoms with E-state index in [-0.39, 0.29) is 6.79 Å². The summed E-state index contributed by atoms with van der Waals surface area (Å²) in [4.78, 5) is 1.24. The number of hydrogen-bond acceptors (Lipinski definition) is 4. The molecule has 3 aromatic carbocycles. The molecule has 3 rings (SSSR count). The first-order valence-corrected chi connectivity index (χ1v) is 10.1. The molecule has 4 heteroatoms. The van der Waals surface area contributed by atoms with Crippen molar-refractivity contribution in [3.05, 3.63) is 95.1 Å². The minimum absolute atomic E-state index is 0.0372. The van der Waals surface area contributed by atoms with Crippen molar-refractivity contribution in [3.8, 4) is 11.8 Å². The lowest BCUT2D eigenvalue weighted by atomic mass is 10.1. The number of thioether (sulfide) groups is 1. The third-order valence-electron chi connectivity index (χ3n) is 4.40. The van der Waals surface area contributed by atoms with E-state index in [0.717, 1.165) is 28.2 Å². The van der Waals surface area contributed by atoms with Crippen LogP contribution in [0.3, 0.4) is 0 Å². The van der Waals surface area contributed by atoms with Crippen LogP contribution in [0.5, 0.6) is 5.75 Å². The molecule has 28 heavy (non-hydrogen) atoms. The van der Waals surface area contributed by atoms with Crippen LogP contribution in [0.15, 0.2) is 77.7 Å². The van der Waals surface area contributed by atoms with Crippen LogP contribution in [0.1, 0.15) is 28.4 Å². The van der Waals surface area contributed by atoms with E-state index in [9.17, 15) is 5.26 Å². The number of benzene rings is 3. The monoisotopic (exact) mass is 389 g/mol. The zero-order chi connectivity index (χ0) is 19.8. The number of aryl methyl sites for hydroxylation is 2. The smallest absolute Gasteiger partial charge is 0.191 e. The van der Waals surface area contributed by atoms with Crippen LogP contribution >= 0.6 is 11.8 Å². The number of nitriles is 1. The van der Waals surface area contributed by atoms with Gasteiger partial charge in [0.25, 0.3) is 0 Å². The number of para-hydroxylation sites is 1. The van der Waals surface area contributed by atoms with Crippen LogP contribution in [0.25, 0.3) is 0 Å². The third-order valence-corrected chi connectivity index (χ3v) is 5.48. The standard InChI is InChI=1S/C24H23NO2S/c1-18-7-6-8-19(2)24(18)27-17-26-23(15-25)21-13-11-20(12-14-21)16-28-22-9-4-3-5-10-22/h3-14,23H,16-17H2,1-2H3. The molecule has 142 valence electrons. The molecule has 0 saturated carbocycles. The highest BCUT2D eigenvalue weighted by atomic mass is 32.2. The fraction of sp³-hybridized carbons (Fsp3) is 0.208. The summed E-state index contributed by atoms with van der Waals surface area (Å²) in [7, 11) is 0. The van der Waals surface area contributed by atoms with Gasteiger partial charge in [-0.25, -0.2) is 0 Å². The maximum Gasteiger partial charge on any atom is 0.191 e. The molecule has 0 bridgehead atoms. The van der Waals surface area contributed by atoms with Gasteiger partial charge < -0.3 is 9.47 Å². The minimum atomic E-state index is -0.653. The SMILES string of the molecule is Cc1cccc(C)c1OCOC(C#N)c1ccc(CSc2ccccc2)cc1. The molecule has 0 heterocycles. The minimum Gasteiger partial charge on any atom is -0.467 e. The van der Waals surface area contributed by atoms with Crippen LogP contribution in [0.4, 0.5) is 0 Å². The van der Waals surface area contributed by atoms with E-state index in [4.69, 9.17) is 9.47 Å². The second-order valence-corrected chi connectivity index (χ2v) is 7.55. The van der Waals surface area contributed by atoms with E-state index < -0.39 is 6.10 Å². The van der Waals surface area contributed by atoms with Crippen molar-refractivity contribution >= 4 is 11.8 Å². The second-order valence-electron chi connectivity index (χ2n) is 6.50. The zero-order valence-corrected chi connectivity index (χ0v) is 16.9. The van der Waals surface area contributed by atoms with Crippen molar-refractivity contribution in [2.45, 2.75) is 30.6 Å². The number of rotatable bonds is 8. The highest BCUT2D eigenvalue weighted by Gasteiger charge is 2.12. The van der Waals surface area contributed by atoms with Gasteiger partial charge >= 0.3 is 0 Å². The Labute approximate surface area is 170 Å². The summed E-state index contributed by atoms with van der Waals surface area (Å²) in [5, 5.41) is 9.47. The lowest BCUT2D eigenvalue weighted by Crippen LogP contribution is -2.09. The highest BCUT2D eigenvalue weighted by molar-refractivity contribution is 7.98. The Hall–Kier alpha value is -2.74. The summed E-state index contributed by atoms with van der Waals surface area (Å²) in [6.07, 6.45) is -0.653. The van der Waals surface area contributed by atoms with E-state index in [0.29, 0.717) is 0 Å². The van der Waals surface area contributed by atoms with E-state index >= 15 is 0 Å². The molecule has 1 unspecified atom stereocenters. The van der Waals surface area contributed by atoms with Crippen molar-refractivity contribution in [2.75, 3.05) is 6.79 Å². The summed E-state index contributed by atoms with van der Waals surface area (Å²) in [6.45, 7) is 4.03. The van der Waals surface area contributed by atoms with Crippen molar-refractivity contribution in [1.82, 2.24) is 0 Å². The highest BCUT2D eigenvalue weighted by Crippen LogP contribution is 2.25. The Bertz CT molecular complexity index is 913. The van der Waals surface area contributed by atoms with Gasteiger partial charge in [-0.15, -0.1) is 11.8 Å². The number of hydrogen-bond donors (Lipinski definition) is 0. The molecule has 0 fully saturated rings. The lowest BCUT2D eigenvalue weighted by Gasteiger charge is -2.15. The van der Waals surface area contributed by atoms with Gasteiger partial charge in [-0.2, -0.15) is 5.26 Å². The topological polar surface area (TPSA) is 42.2 Å². The number of nitrogens with zero attached hydrogens (tertiary/aromatic N) is 1. The van der Waals surface area contributed by atoms with Gasteiger partial charge in [0.2, 0.25) is 0 Å². The summed E-state index contributed by atoms with van der Waals surface area (Å²) in [5.41, 5.74) is 4.15. The van der Waals surface area contributed by atoms with Crippen molar-refractivity contribution in [3.63, 3.8) is 0 Å². The molecule has 0 N–H and O–H groups in total. The summed E-state index contributed by atoms with van der Waals surface area (Å²) in [6, 6.07) is 26.5. The van der Waals surface area contributed by atoms with Gasteiger partial charge in [0.1, 0.15) is 5.75 Å². The Morgan fingerprint density at radius 1 is 0.893 bits per heavy atom. The molecule has 0 saturated heterocycles. The molecule has 0 aliphatic carbocycles. The van der Waals surface area contributed by atoms with Crippen LogP contribution < -0.4 is 4.74 Å². The molecule has 0 aromatic heterocycles. The number of ether oxygens (including phenoxy) is 2. The van der Waals surface area contributed by atoms with E-state index in [1.807, 2.05) is 74.5 Å². The van der Waals surface area contributed by atoms with Crippen LogP contribution in [0, 0.1) is 25.2 Å². The van der Waals surface area contributed by atoms with E-state index in [2.05, 4.69) is 18.2 Å². The van der Waals surface area contributed by atoms with Gasteiger partial charge in [0, 0.05) is 10.6 Å². The fourth-order valence-corrected chi connectivity index (χ4v) is 3.74. The molecule has 0 aliphatic rings. The largest absolute Gasteiger partial charge is 0.467 e. The Balaban J connectivity index is 1.55. The maximum absolute atomic E-state index is 9.47. The van der Waals surface area contributed by atoms with Crippen molar-refractivity contribution < 1.29 is 9.47 Å². The first kappa shape index (κ1) is 20.0. The molecule has 3 nitrogen and oxygen atoms in total. The first-order valence-electron chi connectivity index (χ1n) is 9.14. The average molecular weight is 390 g/mol. The quantitative estimate of drug-likeness (QED) is 0.339. The van der Waals surface area contributed by atoms with Crippen molar-refractivity contribution in [1.29, 1.82) is 5.26 Å². The zero-order valence-electron chi connectivity index (χ0n) is 16.1. The summed E-state index contributed by atoms with van der Waals surface area (Å²) in [5.74, 6) is 1.70. The molecule has 0 spiro atoms. The predicted molar refractivity (Wildman–Crippen MR) is 113 cm³/mol. The van der Waals surface area contributed by atoms with Crippen LogP contribution in [-0.2, 0) is 10.5 Å². The second kappa shape index (κ2) is 9.98. The first-order chi connectivity index (χ1) is 13.7. The van der Waals surface area contributed by atoms with Gasteiger partial charge in [-0.3, -0.25) is 0 Å². The maximum atomic E-state index is 9.47. The molecular formula is C24H23NO2S. The Morgan fingerprint density at radius 3 is 2.21 bits per heavy atom. The van der Waals surface area contributed by atoms with Gasteiger partial charge in [-0.1, -0.05) is 60.7 Å². The Morgan fingerprint density at radius 2 is 1.57 bits per heavy atom. The van der Waals surface area contributed by atoms with Gasteiger partial charge in [0.15, 0.2) is 12.9 Å². The van der Waals surface area contributed by atoms with E-state index in [1.165, 1.54) is 10.5 Å². The van der Waals surface area contributed by atoms with Gasteiger partial charge in [0.05, 0.1) is 6.07 Å². The fourth-order valence-electron chi connectivity index (χ4n) is 2.87. The van der Waals surface area contributed by atoms with Crippen LogP contribution in [0.2, 0.25) is 0 Å². The molecule has 1 atom stereocenters. The molecule has 0 amide bonds. The van der Waals surface area contributed by atoms with Crippen molar-refractivity contribution in [2.24, 2.45) is 0 Å². The van der Waals surface area contributed by atoms with Gasteiger partial charge in [-0.05, 0) is 48.2 Å². The lowest BCUT2D eigenvalue weighted by molar-refractivity contribution is -0.0145. The summed E-state index contributed by atoms with van der Waals surface area (Å²) < 4.78 is 11.4. The van der Waals surface area contributed by atoms with Crippen LogP contribution in [-0.4, -0.2) is 6.79 Å². The molecule has 3 aromatic rings.